The van der Waals surface area contributed by atoms with Gasteiger partial charge in [-0.25, -0.2) is 4.39 Å². The number of rotatable bonds is 3. The summed E-state index contributed by atoms with van der Waals surface area (Å²) in [6.45, 7) is 1.60. The molecule has 1 saturated heterocycles. The molecule has 0 aromatic heterocycles. The minimum absolute atomic E-state index is 0.167. The lowest BCUT2D eigenvalue weighted by molar-refractivity contribution is 0.162. The van der Waals surface area contributed by atoms with Gasteiger partial charge in [0.15, 0.2) is 0 Å². The van der Waals surface area contributed by atoms with Gasteiger partial charge in [0.25, 0.3) is 0 Å². The first kappa shape index (κ1) is 12.5. The van der Waals surface area contributed by atoms with Crippen LogP contribution in [0, 0.1) is 11.2 Å². The van der Waals surface area contributed by atoms with E-state index in [9.17, 15) is 4.39 Å². The molecule has 1 aromatic rings. The van der Waals surface area contributed by atoms with E-state index in [1.165, 1.54) is 12.1 Å². The van der Waals surface area contributed by atoms with Crippen LogP contribution in [0.1, 0.15) is 12.0 Å². The van der Waals surface area contributed by atoms with Crippen LogP contribution in [0.25, 0.3) is 0 Å². The number of benzene rings is 1. The second-order valence-corrected chi connectivity index (χ2v) is 5.76. The molecule has 0 N–H and O–H groups in total. The number of alkyl halides is 1. The zero-order valence-corrected chi connectivity index (χ0v) is 12.0. The van der Waals surface area contributed by atoms with Crippen LogP contribution in [0.5, 0.6) is 0 Å². The van der Waals surface area contributed by atoms with Crippen molar-refractivity contribution in [2.24, 2.45) is 5.41 Å². The Bertz CT molecular complexity index is 375. The number of hydrogen-bond donors (Lipinski definition) is 0. The predicted octanol–water partition coefficient (Wildman–Crippen LogP) is 3.93. The monoisotopic (exact) mass is 350 g/mol. The summed E-state index contributed by atoms with van der Waals surface area (Å²) in [4.78, 5) is 0. The summed E-state index contributed by atoms with van der Waals surface area (Å²) in [5, 5.41) is 0.920. The second kappa shape index (κ2) is 5.15. The summed E-state index contributed by atoms with van der Waals surface area (Å²) in [5.74, 6) is -0.203. The molecule has 4 heteroatoms. The fourth-order valence-corrected chi connectivity index (χ4v) is 3.14. The third-order valence-corrected chi connectivity index (χ3v) is 4.98. The smallest absolute Gasteiger partial charge is 0.124 e. The average molecular weight is 352 g/mol. The molecule has 1 heterocycles. The molecule has 0 aliphatic carbocycles. The maximum atomic E-state index is 13.0. The van der Waals surface area contributed by atoms with E-state index in [4.69, 9.17) is 4.74 Å². The third-order valence-electron chi connectivity index (χ3n) is 3.05. The van der Waals surface area contributed by atoms with Gasteiger partial charge in [-0.05, 0) is 30.5 Å². The van der Waals surface area contributed by atoms with Gasteiger partial charge < -0.3 is 4.74 Å². The Labute approximate surface area is 112 Å². The fraction of sp³-hybridized carbons (Fsp3) is 0.500. The van der Waals surface area contributed by atoms with Gasteiger partial charge in [-0.3, -0.25) is 0 Å². The standard InChI is InChI=1S/C12H13Br2FO/c13-7-12(3-4-16-8-12)6-9-1-2-10(15)5-11(9)14/h1-2,5H,3-4,6-8H2. The highest BCUT2D eigenvalue weighted by Gasteiger charge is 2.34. The highest BCUT2D eigenvalue weighted by atomic mass is 79.9. The number of halogens is 3. The maximum absolute atomic E-state index is 13.0. The summed E-state index contributed by atoms with van der Waals surface area (Å²) in [6.07, 6.45) is 1.97. The van der Waals surface area contributed by atoms with Crippen molar-refractivity contribution in [1.82, 2.24) is 0 Å². The van der Waals surface area contributed by atoms with Crippen LogP contribution in [-0.4, -0.2) is 18.5 Å². The van der Waals surface area contributed by atoms with E-state index in [0.29, 0.717) is 0 Å². The van der Waals surface area contributed by atoms with Gasteiger partial charge in [-0.1, -0.05) is 37.9 Å². The second-order valence-electron chi connectivity index (χ2n) is 4.35. The molecule has 1 aliphatic rings. The van der Waals surface area contributed by atoms with E-state index in [0.717, 1.165) is 41.4 Å². The summed E-state index contributed by atoms with van der Waals surface area (Å²) >= 11 is 6.97. The molecule has 0 spiro atoms. The zero-order chi connectivity index (χ0) is 11.6. The first-order valence-corrected chi connectivity index (χ1v) is 7.14. The van der Waals surface area contributed by atoms with Gasteiger partial charge in [0.2, 0.25) is 0 Å². The quantitative estimate of drug-likeness (QED) is 0.749. The molecule has 1 unspecified atom stereocenters. The number of hydrogen-bond acceptors (Lipinski definition) is 1. The molecule has 0 amide bonds. The van der Waals surface area contributed by atoms with E-state index in [1.807, 2.05) is 6.07 Å². The molecular weight excluding hydrogens is 339 g/mol. The molecular formula is C12H13Br2FO. The summed E-state index contributed by atoms with van der Waals surface area (Å²) in [6, 6.07) is 4.88. The van der Waals surface area contributed by atoms with Gasteiger partial charge >= 0.3 is 0 Å². The summed E-state index contributed by atoms with van der Waals surface area (Å²) in [7, 11) is 0. The lowest BCUT2D eigenvalue weighted by Crippen LogP contribution is -2.26. The van der Waals surface area contributed by atoms with Gasteiger partial charge in [-0.15, -0.1) is 0 Å². The molecule has 1 aliphatic heterocycles. The predicted molar refractivity (Wildman–Crippen MR) is 69.5 cm³/mol. The van der Waals surface area contributed by atoms with Crippen LogP contribution < -0.4 is 0 Å². The van der Waals surface area contributed by atoms with Crippen molar-refractivity contribution >= 4 is 31.9 Å². The van der Waals surface area contributed by atoms with E-state index >= 15 is 0 Å². The van der Waals surface area contributed by atoms with Crippen molar-refractivity contribution in [3.8, 4) is 0 Å². The van der Waals surface area contributed by atoms with Crippen LogP contribution in [0.3, 0.4) is 0 Å². The fourth-order valence-electron chi connectivity index (χ4n) is 2.01. The lowest BCUT2D eigenvalue weighted by Gasteiger charge is -2.25. The Morgan fingerprint density at radius 3 is 2.81 bits per heavy atom. The van der Waals surface area contributed by atoms with Gasteiger partial charge in [0.1, 0.15) is 5.82 Å². The molecule has 0 bridgehead atoms. The zero-order valence-electron chi connectivity index (χ0n) is 8.81. The molecule has 1 nitrogen and oxygen atoms in total. The Morgan fingerprint density at radius 1 is 1.44 bits per heavy atom. The van der Waals surface area contributed by atoms with Crippen molar-refractivity contribution in [2.45, 2.75) is 12.8 Å². The minimum atomic E-state index is -0.203. The van der Waals surface area contributed by atoms with E-state index in [1.54, 1.807) is 0 Å². The minimum Gasteiger partial charge on any atom is -0.381 e. The van der Waals surface area contributed by atoms with Crippen molar-refractivity contribution in [2.75, 3.05) is 18.5 Å². The maximum Gasteiger partial charge on any atom is 0.124 e. The molecule has 0 radical (unpaired) electrons. The van der Waals surface area contributed by atoms with Crippen molar-refractivity contribution in [1.29, 1.82) is 0 Å². The molecule has 0 saturated carbocycles. The SMILES string of the molecule is Fc1ccc(CC2(CBr)CCOC2)c(Br)c1. The molecule has 1 aromatic carbocycles. The van der Waals surface area contributed by atoms with E-state index in [-0.39, 0.29) is 11.2 Å². The summed E-state index contributed by atoms with van der Waals surface area (Å²) in [5.41, 5.74) is 1.31. The van der Waals surface area contributed by atoms with Gasteiger partial charge in [0, 0.05) is 21.8 Å². The van der Waals surface area contributed by atoms with Crippen molar-refractivity contribution < 1.29 is 9.13 Å². The Balaban J connectivity index is 2.19. The van der Waals surface area contributed by atoms with E-state index < -0.39 is 0 Å². The third kappa shape index (κ3) is 2.66. The lowest BCUT2D eigenvalue weighted by atomic mass is 9.83. The van der Waals surface area contributed by atoms with Crippen LogP contribution in [0.4, 0.5) is 4.39 Å². The Kier molecular flexibility index (Phi) is 4.03. The van der Waals surface area contributed by atoms with Crippen LogP contribution >= 0.6 is 31.9 Å². The largest absolute Gasteiger partial charge is 0.381 e. The van der Waals surface area contributed by atoms with Crippen LogP contribution in [0.2, 0.25) is 0 Å². The van der Waals surface area contributed by atoms with Gasteiger partial charge in [-0.2, -0.15) is 0 Å². The highest BCUT2D eigenvalue weighted by molar-refractivity contribution is 9.10. The first-order valence-electron chi connectivity index (χ1n) is 5.23. The van der Waals surface area contributed by atoms with Crippen molar-refractivity contribution in [3.63, 3.8) is 0 Å². The molecule has 88 valence electrons. The molecule has 1 atom stereocenters. The Morgan fingerprint density at radius 2 is 2.25 bits per heavy atom. The van der Waals surface area contributed by atoms with E-state index in [2.05, 4.69) is 31.9 Å². The molecule has 2 rings (SSSR count). The number of ether oxygens (including phenoxy) is 1. The molecule has 16 heavy (non-hydrogen) atoms. The van der Waals surface area contributed by atoms with Crippen molar-refractivity contribution in [3.05, 3.63) is 34.1 Å². The first-order chi connectivity index (χ1) is 7.65. The summed E-state index contributed by atoms with van der Waals surface area (Å²) < 4.78 is 19.3. The van der Waals surface area contributed by atoms with Gasteiger partial charge in [0.05, 0.1) is 6.61 Å². The normalized spacial score (nSPS) is 24.9. The molecule has 1 fully saturated rings. The van der Waals surface area contributed by atoms with Crippen LogP contribution in [0.15, 0.2) is 22.7 Å². The topological polar surface area (TPSA) is 9.23 Å². The Hall–Kier alpha value is 0.0700. The highest BCUT2D eigenvalue weighted by Crippen LogP contribution is 2.36. The average Bonchev–Trinajstić information content (AvgIpc) is 2.72. The van der Waals surface area contributed by atoms with Crippen LogP contribution in [-0.2, 0) is 11.2 Å².